The first-order valence-corrected chi connectivity index (χ1v) is 11.5. The van der Waals surface area contributed by atoms with Crippen LogP contribution in [0.15, 0.2) is 18.2 Å². The van der Waals surface area contributed by atoms with Gasteiger partial charge in [0.15, 0.2) is 0 Å². The average Bonchev–Trinajstić information content (AvgIpc) is 3.07. The van der Waals surface area contributed by atoms with Crippen molar-refractivity contribution in [2.75, 3.05) is 25.4 Å². The zero-order valence-electron chi connectivity index (χ0n) is 16.3. The van der Waals surface area contributed by atoms with E-state index in [0.717, 1.165) is 37.2 Å². The molecule has 1 atom stereocenters. The fourth-order valence-electron chi connectivity index (χ4n) is 3.70. The quantitative estimate of drug-likeness (QED) is 0.732. The lowest BCUT2D eigenvalue weighted by molar-refractivity contribution is -0.136. The van der Waals surface area contributed by atoms with Crippen LogP contribution < -0.4 is 10.6 Å². The van der Waals surface area contributed by atoms with Crippen molar-refractivity contribution in [3.63, 3.8) is 0 Å². The third kappa shape index (κ3) is 5.15. The zero-order valence-corrected chi connectivity index (χ0v) is 18.6. The summed E-state index contributed by atoms with van der Waals surface area (Å²) in [6.45, 7) is 5.91. The molecule has 1 aromatic carbocycles. The van der Waals surface area contributed by atoms with Crippen molar-refractivity contribution in [3.05, 3.63) is 33.8 Å². The number of halogens is 2. The van der Waals surface area contributed by atoms with Crippen LogP contribution in [0.5, 0.6) is 0 Å². The second kappa shape index (κ2) is 9.24. The molecule has 1 spiro atoms. The molecular formula is C20H27Cl2N3O2S. The first-order valence-electron chi connectivity index (χ1n) is 9.72. The summed E-state index contributed by atoms with van der Waals surface area (Å²) >= 11 is 13.9. The summed E-state index contributed by atoms with van der Waals surface area (Å²) < 4.78 is 0. The molecule has 2 amide bonds. The van der Waals surface area contributed by atoms with Gasteiger partial charge < -0.3 is 10.2 Å². The van der Waals surface area contributed by atoms with Gasteiger partial charge in [-0.1, -0.05) is 43.1 Å². The maximum Gasteiger partial charge on any atom is 0.238 e. The van der Waals surface area contributed by atoms with Crippen LogP contribution in [0.1, 0.15) is 32.3 Å². The Labute approximate surface area is 180 Å². The minimum atomic E-state index is -0.196. The van der Waals surface area contributed by atoms with Crippen molar-refractivity contribution in [1.82, 2.24) is 15.5 Å². The Morgan fingerprint density at radius 1 is 1.32 bits per heavy atom. The molecule has 1 unspecified atom stereocenters. The van der Waals surface area contributed by atoms with Gasteiger partial charge in [0.2, 0.25) is 11.8 Å². The maximum atomic E-state index is 12.6. The van der Waals surface area contributed by atoms with Gasteiger partial charge in [-0.3, -0.25) is 14.9 Å². The molecule has 8 heteroatoms. The molecule has 3 rings (SSSR count). The van der Waals surface area contributed by atoms with Gasteiger partial charge in [-0.15, -0.1) is 11.8 Å². The van der Waals surface area contributed by atoms with Crippen LogP contribution in [0, 0.1) is 5.92 Å². The molecular weight excluding hydrogens is 417 g/mol. The van der Waals surface area contributed by atoms with Gasteiger partial charge in [-0.25, -0.2) is 0 Å². The van der Waals surface area contributed by atoms with Crippen molar-refractivity contribution in [2.45, 2.75) is 44.0 Å². The van der Waals surface area contributed by atoms with Gasteiger partial charge in [0.05, 0.1) is 10.9 Å². The van der Waals surface area contributed by atoms with E-state index in [9.17, 15) is 9.59 Å². The molecule has 154 valence electrons. The van der Waals surface area contributed by atoms with Crippen LogP contribution in [-0.2, 0) is 16.0 Å². The minimum Gasteiger partial charge on any atom is -0.354 e. The summed E-state index contributed by atoms with van der Waals surface area (Å²) in [7, 11) is 0. The molecule has 2 saturated heterocycles. The number of rotatable bonds is 5. The number of hydrogen-bond acceptors (Lipinski definition) is 4. The molecule has 1 aromatic rings. The van der Waals surface area contributed by atoms with E-state index in [0.29, 0.717) is 23.0 Å². The maximum absolute atomic E-state index is 12.6. The Hall–Kier alpha value is -0.950. The van der Waals surface area contributed by atoms with Crippen LogP contribution >= 0.6 is 35.0 Å². The molecule has 2 aliphatic rings. The summed E-state index contributed by atoms with van der Waals surface area (Å²) in [4.78, 5) is 26.6. The highest BCUT2D eigenvalue weighted by Gasteiger charge is 2.44. The van der Waals surface area contributed by atoms with Crippen LogP contribution in [0.4, 0.5) is 0 Å². The molecule has 0 bridgehead atoms. The van der Waals surface area contributed by atoms with E-state index in [2.05, 4.69) is 10.6 Å². The molecule has 0 saturated carbocycles. The third-order valence-electron chi connectivity index (χ3n) is 5.37. The van der Waals surface area contributed by atoms with Gasteiger partial charge >= 0.3 is 0 Å². The number of amides is 2. The van der Waals surface area contributed by atoms with Crippen LogP contribution in [-0.4, -0.2) is 53.0 Å². The van der Waals surface area contributed by atoms with Crippen LogP contribution in [0.3, 0.4) is 0 Å². The predicted molar refractivity (Wildman–Crippen MR) is 116 cm³/mol. The zero-order chi connectivity index (χ0) is 20.3. The Kier molecular flexibility index (Phi) is 7.18. The van der Waals surface area contributed by atoms with E-state index in [1.807, 2.05) is 36.6 Å². The van der Waals surface area contributed by atoms with Gasteiger partial charge in [0.1, 0.15) is 0 Å². The fourth-order valence-corrected chi connectivity index (χ4v) is 5.62. The molecule has 0 aliphatic carbocycles. The van der Waals surface area contributed by atoms with E-state index >= 15 is 0 Å². The standard InChI is InChI=1S/C20H27Cl2N3O2S/c1-13(2)19(27)25-9-6-20(7-10-25)24-17(12-28-20)18(26)23-8-5-14-3-4-15(21)11-16(14)22/h3-4,11,13,17,24H,5-10,12H2,1-2H3,(H,23,26). The number of thioether (sulfide) groups is 1. The molecule has 2 aliphatic heterocycles. The summed E-state index contributed by atoms with van der Waals surface area (Å²) in [6.07, 6.45) is 2.42. The van der Waals surface area contributed by atoms with E-state index < -0.39 is 0 Å². The van der Waals surface area contributed by atoms with Gasteiger partial charge in [0.25, 0.3) is 0 Å². The SMILES string of the molecule is CC(C)C(=O)N1CCC2(CC1)NC(C(=O)NCCc1ccc(Cl)cc1Cl)CS2. The summed E-state index contributed by atoms with van der Waals surface area (Å²) in [5, 5.41) is 7.77. The molecule has 28 heavy (non-hydrogen) atoms. The molecule has 2 N–H and O–H groups in total. The lowest BCUT2D eigenvalue weighted by atomic mass is 10.0. The van der Waals surface area contributed by atoms with Crippen LogP contribution in [0.25, 0.3) is 0 Å². The number of piperidine rings is 1. The highest BCUT2D eigenvalue weighted by Crippen LogP contribution is 2.39. The number of carbonyl (C=O) groups is 2. The molecule has 2 heterocycles. The Morgan fingerprint density at radius 3 is 2.68 bits per heavy atom. The van der Waals surface area contributed by atoms with Crippen LogP contribution in [0.2, 0.25) is 10.0 Å². The molecule has 2 fully saturated rings. The van der Waals surface area contributed by atoms with E-state index in [1.54, 1.807) is 12.1 Å². The normalized spacial score (nSPS) is 21.3. The van der Waals surface area contributed by atoms with E-state index in [1.165, 1.54) is 0 Å². The summed E-state index contributed by atoms with van der Waals surface area (Å²) in [6, 6.07) is 5.22. The largest absolute Gasteiger partial charge is 0.354 e. The van der Waals surface area contributed by atoms with Crippen molar-refractivity contribution >= 4 is 46.8 Å². The van der Waals surface area contributed by atoms with Gasteiger partial charge in [0, 0.05) is 41.4 Å². The topological polar surface area (TPSA) is 61.4 Å². The van der Waals surface area contributed by atoms with Crippen molar-refractivity contribution in [3.8, 4) is 0 Å². The summed E-state index contributed by atoms with van der Waals surface area (Å²) in [5.74, 6) is 1.03. The average molecular weight is 444 g/mol. The Bertz CT molecular complexity index is 736. The molecule has 0 radical (unpaired) electrons. The van der Waals surface area contributed by atoms with Crippen molar-refractivity contribution < 1.29 is 9.59 Å². The lowest BCUT2D eigenvalue weighted by Gasteiger charge is -2.39. The van der Waals surface area contributed by atoms with Gasteiger partial charge in [-0.05, 0) is 37.0 Å². The highest BCUT2D eigenvalue weighted by molar-refractivity contribution is 8.01. The number of likely N-dealkylation sites (tertiary alicyclic amines) is 1. The predicted octanol–water partition coefficient (Wildman–Crippen LogP) is 3.33. The number of benzene rings is 1. The molecule has 5 nitrogen and oxygen atoms in total. The molecule has 0 aromatic heterocycles. The minimum absolute atomic E-state index is 0.0233. The lowest BCUT2D eigenvalue weighted by Crippen LogP contribution is -2.54. The summed E-state index contributed by atoms with van der Waals surface area (Å²) in [5.41, 5.74) is 0.971. The van der Waals surface area contributed by atoms with E-state index in [-0.39, 0.29) is 28.6 Å². The van der Waals surface area contributed by atoms with E-state index in [4.69, 9.17) is 23.2 Å². The monoisotopic (exact) mass is 443 g/mol. The number of hydrogen-bond donors (Lipinski definition) is 2. The van der Waals surface area contributed by atoms with Gasteiger partial charge in [-0.2, -0.15) is 0 Å². The first-order chi connectivity index (χ1) is 13.3. The number of nitrogens with one attached hydrogen (secondary N) is 2. The fraction of sp³-hybridized carbons (Fsp3) is 0.600. The van der Waals surface area contributed by atoms with Crippen molar-refractivity contribution in [1.29, 1.82) is 0 Å². The Balaban J connectivity index is 1.45. The van der Waals surface area contributed by atoms with Crippen molar-refractivity contribution in [2.24, 2.45) is 5.92 Å². The smallest absolute Gasteiger partial charge is 0.238 e. The number of nitrogens with zero attached hydrogens (tertiary/aromatic N) is 1. The number of carbonyl (C=O) groups excluding carboxylic acids is 2. The first kappa shape index (κ1) is 21.8. The Morgan fingerprint density at radius 2 is 2.04 bits per heavy atom. The second-order valence-electron chi connectivity index (χ2n) is 7.76. The highest BCUT2D eigenvalue weighted by atomic mass is 35.5. The second-order valence-corrected chi connectivity index (χ2v) is 10.0. The third-order valence-corrected chi connectivity index (χ3v) is 7.53.